The molecule has 0 saturated heterocycles. The molecule has 7 nitrogen and oxygen atoms in total. The zero-order valence-electron chi connectivity index (χ0n) is 17.6. The van der Waals surface area contributed by atoms with E-state index in [0.29, 0.717) is 5.02 Å². The third-order valence-electron chi connectivity index (χ3n) is 4.37. The Morgan fingerprint density at radius 1 is 0.853 bits per heavy atom. The van der Waals surface area contributed by atoms with Gasteiger partial charge in [-0.1, -0.05) is 52.5 Å². The van der Waals surface area contributed by atoms with E-state index in [4.69, 9.17) is 51.1 Å². The number of hydrogen-bond acceptors (Lipinski definition) is 5. The second kappa shape index (κ2) is 10.4. The molecule has 0 saturated carbocycles. The summed E-state index contributed by atoms with van der Waals surface area (Å²) >= 11 is 24.7. The van der Waals surface area contributed by atoms with E-state index in [1.54, 1.807) is 12.1 Å². The average molecular weight is 562 g/mol. The molecule has 3 aromatic carbocycles. The van der Waals surface area contributed by atoms with Crippen molar-refractivity contribution in [2.24, 2.45) is 0 Å². The van der Waals surface area contributed by atoms with Crippen molar-refractivity contribution in [2.75, 3.05) is 9.62 Å². The van der Waals surface area contributed by atoms with Gasteiger partial charge in [-0.25, -0.2) is 8.42 Å². The highest BCUT2D eigenvalue weighted by Crippen LogP contribution is 2.41. The summed E-state index contributed by atoms with van der Waals surface area (Å²) in [5, 5.41) is 0.246. The molecule has 0 spiro atoms. The molecule has 34 heavy (non-hydrogen) atoms. The summed E-state index contributed by atoms with van der Waals surface area (Å²) in [6.45, 7) is 2.49. The van der Waals surface area contributed by atoms with Gasteiger partial charge in [-0.15, -0.1) is 0 Å². The predicted molar refractivity (Wildman–Crippen MR) is 134 cm³/mol. The lowest BCUT2D eigenvalue weighted by Crippen LogP contribution is -2.32. The Bertz CT molecular complexity index is 1360. The zero-order valence-corrected chi connectivity index (χ0v) is 21.4. The number of hydrogen-bond donors (Lipinski definition) is 1. The number of halogens is 4. The van der Waals surface area contributed by atoms with E-state index in [0.717, 1.165) is 4.90 Å². The number of rotatable bonds is 6. The largest absolute Gasteiger partial charge is 0.453 e. The number of anilines is 2. The van der Waals surface area contributed by atoms with Crippen LogP contribution in [0, 0.1) is 0 Å². The second-order valence-corrected chi connectivity index (χ2v) is 10.3. The van der Waals surface area contributed by atoms with E-state index >= 15 is 0 Å². The molecule has 2 amide bonds. The first kappa shape index (κ1) is 26.1. The minimum atomic E-state index is -4.03. The minimum Gasteiger partial charge on any atom is -0.453 e. The highest BCUT2D eigenvalue weighted by atomic mass is 35.5. The van der Waals surface area contributed by atoms with Crippen LogP contribution < -0.4 is 14.4 Å². The smallest absolute Gasteiger partial charge is 0.262 e. The van der Waals surface area contributed by atoms with Gasteiger partial charge in [0.25, 0.3) is 10.0 Å². The molecule has 0 radical (unpaired) electrons. The molecule has 0 atom stereocenters. The fourth-order valence-corrected chi connectivity index (χ4v) is 5.16. The summed E-state index contributed by atoms with van der Waals surface area (Å²) in [6, 6.07) is 12.8. The minimum absolute atomic E-state index is 0.0327. The molecule has 3 aromatic rings. The van der Waals surface area contributed by atoms with Gasteiger partial charge in [-0.2, -0.15) is 0 Å². The Morgan fingerprint density at radius 3 is 2.00 bits per heavy atom. The van der Waals surface area contributed by atoms with Crippen LogP contribution in [0.2, 0.25) is 20.1 Å². The number of nitrogens with one attached hydrogen (secondary N) is 1. The Hall–Kier alpha value is -2.49. The molecule has 12 heteroatoms. The molecule has 0 aliphatic rings. The number of amides is 2. The predicted octanol–water partition coefficient (Wildman–Crippen LogP) is 6.79. The molecule has 0 unspecified atom stereocenters. The summed E-state index contributed by atoms with van der Waals surface area (Å²) in [4.78, 5) is 24.2. The van der Waals surface area contributed by atoms with Crippen LogP contribution in [0.15, 0.2) is 59.5 Å². The number of carbonyl (C=O) groups excluding carboxylic acids is 2. The lowest BCUT2D eigenvalue weighted by Gasteiger charge is -2.19. The van der Waals surface area contributed by atoms with Crippen molar-refractivity contribution < 1.29 is 22.7 Å². The van der Waals surface area contributed by atoms with Crippen molar-refractivity contribution in [1.29, 1.82) is 0 Å². The summed E-state index contributed by atoms with van der Waals surface area (Å²) in [5.74, 6) is -0.873. The first-order valence-electron chi connectivity index (χ1n) is 9.45. The number of ether oxygens (including phenoxy) is 1. The van der Waals surface area contributed by atoms with Gasteiger partial charge >= 0.3 is 0 Å². The Labute approximate surface area is 216 Å². The van der Waals surface area contributed by atoms with Gasteiger partial charge in [0.15, 0.2) is 5.75 Å². The molecule has 178 valence electrons. The van der Waals surface area contributed by atoms with Gasteiger partial charge in [0.2, 0.25) is 11.8 Å². The van der Waals surface area contributed by atoms with E-state index in [1.165, 1.54) is 56.3 Å². The molecular formula is C22H16Cl4N2O5S. The molecule has 0 bridgehead atoms. The summed E-state index contributed by atoms with van der Waals surface area (Å²) in [7, 11) is -4.03. The summed E-state index contributed by atoms with van der Waals surface area (Å²) < 4.78 is 33.6. The van der Waals surface area contributed by atoms with E-state index in [-0.39, 0.29) is 42.8 Å². The molecule has 0 fully saturated rings. The van der Waals surface area contributed by atoms with E-state index in [1.807, 2.05) is 0 Å². The number of nitrogens with zero attached hydrogens (tertiary/aromatic N) is 1. The molecule has 3 rings (SSSR count). The summed E-state index contributed by atoms with van der Waals surface area (Å²) in [5.41, 5.74) is 0.514. The second-order valence-electron chi connectivity index (χ2n) is 6.92. The van der Waals surface area contributed by atoms with E-state index in [9.17, 15) is 18.0 Å². The molecule has 0 aliphatic heterocycles. The molecule has 0 aliphatic carbocycles. The Kier molecular flexibility index (Phi) is 8.00. The molecular weight excluding hydrogens is 546 g/mol. The number of sulfonamides is 1. The third kappa shape index (κ3) is 5.95. The molecule has 0 aromatic heterocycles. The van der Waals surface area contributed by atoms with Crippen molar-refractivity contribution in [3.63, 3.8) is 0 Å². The van der Waals surface area contributed by atoms with E-state index < -0.39 is 21.8 Å². The monoisotopic (exact) mass is 560 g/mol. The summed E-state index contributed by atoms with van der Waals surface area (Å²) in [6.07, 6.45) is 0. The molecule has 1 N–H and O–H groups in total. The highest BCUT2D eigenvalue weighted by Gasteiger charge is 2.22. The number of benzene rings is 3. The van der Waals surface area contributed by atoms with Gasteiger partial charge in [0, 0.05) is 18.9 Å². The Balaban J connectivity index is 1.90. The maximum absolute atomic E-state index is 12.8. The van der Waals surface area contributed by atoms with Crippen LogP contribution >= 0.6 is 46.4 Å². The first-order valence-corrected chi connectivity index (χ1v) is 12.4. The lowest BCUT2D eigenvalue weighted by molar-refractivity contribution is -0.124. The maximum Gasteiger partial charge on any atom is 0.262 e. The van der Waals surface area contributed by atoms with Gasteiger partial charge in [0.1, 0.15) is 5.75 Å². The lowest BCUT2D eigenvalue weighted by atomic mass is 10.2. The van der Waals surface area contributed by atoms with E-state index in [2.05, 4.69) is 4.72 Å². The fraction of sp³-hybridized carbons (Fsp3) is 0.0909. The van der Waals surface area contributed by atoms with Gasteiger partial charge in [-0.3, -0.25) is 19.2 Å². The topological polar surface area (TPSA) is 92.8 Å². The van der Waals surface area contributed by atoms with Gasteiger partial charge in [0.05, 0.1) is 31.3 Å². The van der Waals surface area contributed by atoms with Crippen LogP contribution in [-0.2, 0) is 19.6 Å². The van der Waals surface area contributed by atoms with Gasteiger partial charge < -0.3 is 4.74 Å². The van der Waals surface area contributed by atoms with Crippen LogP contribution in [0.4, 0.5) is 11.4 Å². The van der Waals surface area contributed by atoms with Crippen molar-refractivity contribution in [1.82, 2.24) is 0 Å². The van der Waals surface area contributed by atoms with Crippen molar-refractivity contribution in [3.8, 4) is 11.5 Å². The number of carbonyl (C=O) groups is 2. The number of imide groups is 1. The van der Waals surface area contributed by atoms with Gasteiger partial charge in [-0.05, 0) is 48.5 Å². The standard InChI is InChI=1S/C22H16Cl4N2O5S/c1-12(29)28(13(2)30)16-6-7-21(18(24)9-16)33-22-19(25)10-17(11-20(22)26)34(31,32)27-15-5-3-4-14(23)8-15/h3-11,27H,1-2H3. The van der Waals surface area contributed by atoms with Crippen LogP contribution in [0.1, 0.15) is 13.8 Å². The van der Waals surface area contributed by atoms with Crippen LogP contribution in [0.3, 0.4) is 0 Å². The SMILES string of the molecule is CC(=O)N(C(C)=O)c1ccc(Oc2c(Cl)cc(S(=O)(=O)Nc3cccc(Cl)c3)cc2Cl)c(Cl)c1. The highest BCUT2D eigenvalue weighted by molar-refractivity contribution is 7.92. The Morgan fingerprint density at radius 2 is 1.47 bits per heavy atom. The van der Waals surface area contributed by atoms with Crippen molar-refractivity contribution >= 4 is 79.6 Å². The van der Waals surface area contributed by atoms with Crippen molar-refractivity contribution in [2.45, 2.75) is 18.7 Å². The maximum atomic E-state index is 12.8. The first-order chi connectivity index (χ1) is 15.9. The van der Waals surface area contributed by atoms with Crippen LogP contribution in [0.25, 0.3) is 0 Å². The van der Waals surface area contributed by atoms with Crippen LogP contribution in [0.5, 0.6) is 11.5 Å². The third-order valence-corrected chi connectivity index (χ3v) is 6.83. The average Bonchev–Trinajstić information content (AvgIpc) is 2.71. The quantitative estimate of drug-likeness (QED) is 0.357. The zero-order chi connectivity index (χ0) is 25.2. The molecule has 0 heterocycles. The fourth-order valence-electron chi connectivity index (χ4n) is 2.96. The van der Waals surface area contributed by atoms with Crippen LogP contribution in [-0.4, -0.2) is 20.2 Å². The normalized spacial score (nSPS) is 11.1. The van der Waals surface area contributed by atoms with Crippen molar-refractivity contribution in [3.05, 3.63) is 74.7 Å².